The first-order valence-electron chi connectivity index (χ1n) is 5.76. The van der Waals surface area contributed by atoms with Gasteiger partial charge in [-0.3, -0.25) is 0 Å². The number of rotatable bonds is 5. The molecule has 0 amide bonds. The summed E-state index contributed by atoms with van der Waals surface area (Å²) in [5.74, 6) is 0.793. The highest BCUT2D eigenvalue weighted by molar-refractivity contribution is 5.48. The topological polar surface area (TPSA) is 45.0 Å². The van der Waals surface area contributed by atoms with E-state index < -0.39 is 0 Å². The van der Waals surface area contributed by atoms with Crippen molar-refractivity contribution in [1.29, 1.82) is 5.26 Å². The lowest BCUT2D eigenvalue weighted by Crippen LogP contribution is -1.99. The fraction of sp³-hybridized carbons (Fsp3) is 0.133. The van der Waals surface area contributed by atoms with Crippen molar-refractivity contribution in [2.45, 2.75) is 6.61 Å². The van der Waals surface area contributed by atoms with Gasteiger partial charge >= 0.3 is 0 Å². The first-order valence-corrected chi connectivity index (χ1v) is 5.76. The molecule has 1 N–H and O–H groups in total. The highest BCUT2D eigenvalue weighted by Crippen LogP contribution is 2.18. The van der Waals surface area contributed by atoms with Gasteiger partial charge in [-0.1, -0.05) is 36.4 Å². The molecular formula is C15H14N2O. The van der Waals surface area contributed by atoms with E-state index in [4.69, 9.17) is 10.00 Å². The number of nitrogens with one attached hydrogen (secondary N) is 1. The maximum absolute atomic E-state index is 8.51. The first kappa shape index (κ1) is 12.0. The molecule has 0 saturated carbocycles. The lowest BCUT2D eigenvalue weighted by molar-refractivity contribution is 0.306. The molecule has 0 heterocycles. The van der Waals surface area contributed by atoms with Crippen LogP contribution in [0.15, 0.2) is 54.6 Å². The van der Waals surface area contributed by atoms with Crippen LogP contribution >= 0.6 is 0 Å². The Labute approximate surface area is 107 Å². The van der Waals surface area contributed by atoms with E-state index in [2.05, 4.69) is 5.32 Å². The molecule has 0 aliphatic heterocycles. The maximum Gasteiger partial charge on any atom is 0.121 e. The normalized spacial score (nSPS) is 9.50. The highest BCUT2D eigenvalue weighted by atomic mass is 16.5. The number of hydrogen-bond acceptors (Lipinski definition) is 3. The van der Waals surface area contributed by atoms with E-state index >= 15 is 0 Å². The minimum Gasteiger partial charge on any atom is -0.489 e. The summed E-state index contributed by atoms with van der Waals surface area (Å²) in [6.45, 7) is 0.838. The molecule has 0 saturated heterocycles. The number of nitrogens with zero attached hydrogens (tertiary/aromatic N) is 1. The van der Waals surface area contributed by atoms with Gasteiger partial charge in [0.05, 0.1) is 6.07 Å². The largest absolute Gasteiger partial charge is 0.489 e. The Morgan fingerprint density at radius 2 is 1.89 bits per heavy atom. The quantitative estimate of drug-likeness (QED) is 0.813. The van der Waals surface area contributed by atoms with Crippen molar-refractivity contribution >= 4 is 5.69 Å². The molecule has 0 radical (unpaired) electrons. The van der Waals surface area contributed by atoms with Crippen LogP contribution in [0.4, 0.5) is 5.69 Å². The second-order valence-electron chi connectivity index (χ2n) is 3.81. The predicted octanol–water partition coefficient (Wildman–Crippen LogP) is 3.20. The maximum atomic E-state index is 8.51. The van der Waals surface area contributed by atoms with Gasteiger partial charge in [-0.25, -0.2) is 0 Å². The van der Waals surface area contributed by atoms with Crippen molar-refractivity contribution in [3.8, 4) is 11.8 Å². The smallest absolute Gasteiger partial charge is 0.121 e. The van der Waals surface area contributed by atoms with Crippen molar-refractivity contribution in [2.24, 2.45) is 0 Å². The summed E-state index contributed by atoms with van der Waals surface area (Å²) in [7, 11) is 0. The van der Waals surface area contributed by atoms with Crippen molar-refractivity contribution in [3.05, 3.63) is 60.2 Å². The van der Waals surface area contributed by atoms with E-state index in [1.807, 2.05) is 60.7 Å². The Morgan fingerprint density at radius 1 is 1.06 bits per heavy atom. The zero-order chi connectivity index (χ0) is 12.6. The van der Waals surface area contributed by atoms with Crippen molar-refractivity contribution in [2.75, 3.05) is 11.9 Å². The van der Waals surface area contributed by atoms with Crippen molar-refractivity contribution < 1.29 is 4.74 Å². The number of anilines is 1. The van der Waals surface area contributed by atoms with Crippen molar-refractivity contribution in [1.82, 2.24) is 0 Å². The monoisotopic (exact) mass is 238 g/mol. The van der Waals surface area contributed by atoms with Crippen molar-refractivity contribution in [3.63, 3.8) is 0 Å². The van der Waals surface area contributed by atoms with E-state index in [0.717, 1.165) is 17.0 Å². The van der Waals surface area contributed by atoms with E-state index in [1.54, 1.807) is 0 Å². The third kappa shape index (κ3) is 3.53. The molecule has 0 spiro atoms. The van der Waals surface area contributed by atoms with Gasteiger partial charge in [0.1, 0.15) is 18.9 Å². The molecule has 2 aromatic rings. The number of nitriles is 1. The molecule has 0 aromatic heterocycles. The van der Waals surface area contributed by atoms with Gasteiger partial charge in [-0.05, 0) is 17.7 Å². The predicted molar refractivity (Wildman–Crippen MR) is 71.3 cm³/mol. The summed E-state index contributed by atoms with van der Waals surface area (Å²) >= 11 is 0. The van der Waals surface area contributed by atoms with Crippen LogP contribution in [0.1, 0.15) is 5.56 Å². The molecule has 3 heteroatoms. The molecule has 3 nitrogen and oxygen atoms in total. The summed E-state index contributed by atoms with van der Waals surface area (Å²) in [4.78, 5) is 0. The van der Waals surface area contributed by atoms with Gasteiger partial charge in [0.2, 0.25) is 0 Å². The van der Waals surface area contributed by atoms with Crippen LogP contribution in [0, 0.1) is 11.3 Å². The molecule has 0 fully saturated rings. The molecule has 18 heavy (non-hydrogen) atoms. The van der Waals surface area contributed by atoms with Gasteiger partial charge in [0.15, 0.2) is 0 Å². The summed E-state index contributed by atoms with van der Waals surface area (Å²) in [6, 6.07) is 19.7. The van der Waals surface area contributed by atoms with Gasteiger partial charge in [-0.2, -0.15) is 5.26 Å². The lowest BCUT2D eigenvalue weighted by Gasteiger charge is -2.08. The van der Waals surface area contributed by atoms with Gasteiger partial charge in [-0.15, -0.1) is 0 Å². The second kappa shape index (κ2) is 6.31. The molecule has 0 unspecified atom stereocenters. The second-order valence-corrected chi connectivity index (χ2v) is 3.81. The zero-order valence-electron chi connectivity index (χ0n) is 9.97. The minimum absolute atomic E-state index is 0.294. The molecule has 90 valence electrons. The Hall–Kier alpha value is -2.47. The van der Waals surface area contributed by atoms with Crippen LogP contribution < -0.4 is 10.1 Å². The van der Waals surface area contributed by atoms with Gasteiger partial charge in [0.25, 0.3) is 0 Å². The van der Waals surface area contributed by atoms with E-state index in [0.29, 0.717) is 13.2 Å². The fourth-order valence-electron chi connectivity index (χ4n) is 1.58. The van der Waals surface area contributed by atoms with Crippen LogP contribution in [0.5, 0.6) is 5.75 Å². The minimum atomic E-state index is 0.294. The average Bonchev–Trinajstić information content (AvgIpc) is 2.44. The van der Waals surface area contributed by atoms with Gasteiger partial charge < -0.3 is 10.1 Å². The molecule has 2 rings (SSSR count). The summed E-state index contributed by atoms with van der Waals surface area (Å²) < 4.78 is 5.69. The SMILES string of the molecule is N#CCNc1cccc(OCc2ccccc2)c1. The molecule has 0 aliphatic rings. The molecule has 0 bridgehead atoms. The number of benzene rings is 2. The van der Waals surface area contributed by atoms with Gasteiger partial charge in [0, 0.05) is 11.8 Å². The zero-order valence-corrected chi connectivity index (χ0v) is 9.97. The average molecular weight is 238 g/mol. The summed E-state index contributed by atoms with van der Waals surface area (Å²) in [6.07, 6.45) is 0. The molecular weight excluding hydrogens is 224 g/mol. The van der Waals surface area contributed by atoms with Crippen LogP contribution in [0.2, 0.25) is 0 Å². The Kier molecular flexibility index (Phi) is 4.21. The Morgan fingerprint density at radius 3 is 2.67 bits per heavy atom. The lowest BCUT2D eigenvalue weighted by atomic mass is 10.2. The van der Waals surface area contributed by atoms with E-state index in [1.165, 1.54) is 0 Å². The molecule has 0 atom stereocenters. The fourth-order valence-corrected chi connectivity index (χ4v) is 1.58. The number of ether oxygens (including phenoxy) is 1. The summed E-state index contributed by atoms with van der Waals surface area (Å²) in [5.41, 5.74) is 2.02. The molecule has 0 aliphatic carbocycles. The van der Waals surface area contributed by atoms with E-state index in [-0.39, 0.29) is 0 Å². The summed E-state index contributed by atoms with van der Waals surface area (Å²) in [5, 5.41) is 11.5. The Balaban J connectivity index is 1.95. The third-order valence-corrected chi connectivity index (χ3v) is 2.45. The first-order chi connectivity index (χ1) is 8.88. The highest BCUT2D eigenvalue weighted by Gasteiger charge is 1.97. The molecule has 2 aromatic carbocycles. The number of hydrogen-bond donors (Lipinski definition) is 1. The van der Waals surface area contributed by atoms with Crippen LogP contribution in [0.25, 0.3) is 0 Å². The van der Waals surface area contributed by atoms with E-state index in [9.17, 15) is 0 Å². The van der Waals surface area contributed by atoms with Crippen LogP contribution in [0.3, 0.4) is 0 Å². The van der Waals surface area contributed by atoms with Crippen LogP contribution in [-0.2, 0) is 6.61 Å². The third-order valence-electron chi connectivity index (χ3n) is 2.45. The standard InChI is InChI=1S/C15H14N2O/c16-9-10-17-14-7-4-8-15(11-14)18-12-13-5-2-1-3-6-13/h1-8,11,17H,10,12H2. The van der Waals surface area contributed by atoms with Crippen LogP contribution in [-0.4, -0.2) is 6.54 Å². The Bertz CT molecular complexity index is 532.